The van der Waals surface area contributed by atoms with Crippen molar-refractivity contribution in [1.29, 1.82) is 0 Å². The number of amides is 2. The molecule has 0 saturated carbocycles. The summed E-state index contributed by atoms with van der Waals surface area (Å²) in [6, 6.07) is 14.0. The number of nitrogens with two attached hydrogens (primary N) is 1. The molecule has 2 aromatic rings. The lowest BCUT2D eigenvalue weighted by molar-refractivity contribution is -0.114. The van der Waals surface area contributed by atoms with E-state index < -0.39 is 5.91 Å². The van der Waals surface area contributed by atoms with Crippen LogP contribution in [0.1, 0.15) is 30.1 Å². The number of ether oxygens (including phenoxy) is 1. The summed E-state index contributed by atoms with van der Waals surface area (Å²) in [5.41, 5.74) is 6.87. The summed E-state index contributed by atoms with van der Waals surface area (Å²) in [6.07, 6.45) is 2.09. The lowest BCUT2D eigenvalue weighted by Gasteiger charge is -2.11. The quantitative estimate of drug-likeness (QED) is 0.611. The molecular weight excluding hydrogens is 318 g/mol. The van der Waals surface area contributed by atoms with Gasteiger partial charge in [-0.05, 0) is 42.8 Å². The highest BCUT2D eigenvalue weighted by Gasteiger charge is 2.08. The van der Waals surface area contributed by atoms with Crippen LogP contribution in [0.5, 0.6) is 5.75 Å². The molecule has 4 N–H and O–H groups in total. The number of anilines is 2. The fourth-order valence-electron chi connectivity index (χ4n) is 2.20. The van der Waals surface area contributed by atoms with Crippen molar-refractivity contribution in [2.75, 3.05) is 23.8 Å². The standard InChI is InChI=1S/C19H23N3O3/c1-2-3-12-25-15-10-8-14(9-11-15)22-18(23)13-21-17-7-5-4-6-16(17)19(20)24/h4-11,21H,2-3,12-13H2,1H3,(H2,20,24)(H,22,23). The monoisotopic (exact) mass is 341 g/mol. The molecule has 6 heteroatoms. The van der Waals surface area contributed by atoms with E-state index in [4.69, 9.17) is 10.5 Å². The Kier molecular flexibility index (Phi) is 6.83. The summed E-state index contributed by atoms with van der Waals surface area (Å²) < 4.78 is 5.58. The molecule has 25 heavy (non-hydrogen) atoms. The van der Waals surface area contributed by atoms with Crippen LogP contribution in [0, 0.1) is 0 Å². The predicted molar refractivity (Wildman–Crippen MR) is 98.9 cm³/mol. The molecule has 0 fully saturated rings. The number of nitrogens with one attached hydrogen (secondary N) is 2. The van der Waals surface area contributed by atoms with Gasteiger partial charge in [0.15, 0.2) is 0 Å². The van der Waals surface area contributed by atoms with E-state index >= 15 is 0 Å². The van der Waals surface area contributed by atoms with Crippen molar-refractivity contribution in [2.24, 2.45) is 5.73 Å². The van der Waals surface area contributed by atoms with Gasteiger partial charge in [-0.2, -0.15) is 0 Å². The van der Waals surface area contributed by atoms with Crippen LogP contribution in [0.3, 0.4) is 0 Å². The molecule has 2 aromatic carbocycles. The predicted octanol–water partition coefficient (Wildman–Crippen LogP) is 3.02. The van der Waals surface area contributed by atoms with Crippen molar-refractivity contribution < 1.29 is 14.3 Å². The van der Waals surface area contributed by atoms with Gasteiger partial charge in [0, 0.05) is 11.4 Å². The van der Waals surface area contributed by atoms with Crippen LogP contribution < -0.4 is 21.1 Å². The van der Waals surface area contributed by atoms with Gasteiger partial charge in [0.05, 0.1) is 18.7 Å². The molecule has 0 saturated heterocycles. The highest BCUT2D eigenvalue weighted by atomic mass is 16.5. The van der Waals surface area contributed by atoms with E-state index in [0.29, 0.717) is 23.5 Å². The summed E-state index contributed by atoms with van der Waals surface area (Å²) in [4.78, 5) is 23.4. The molecule has 132 valence electrons. The minimum Gasteiger partial charge on any atom is -0.494 e. The molecule has 0 radical (unpaired) electrons. The molecule has 0 aliphatic rings. The van der Waals surface area contributed by atoms with Crippen LogP contribution in [-0.4, -0.2) is 25.0 Å². The molecule has 2 amide bonds. The van der Waals surface area contributed by atoms with Gasteiger partial charge in [-0.15, -0.1) is 0 Å². The Hall–Kier alpha value is -3.02. The summed E-state index contributed by atoms with van der Waals surface area (Å²) >= 11 is 0. The van der Waals surface area contributed by atoms with E-state index in [0.717, 1.165) is 18.6 Å². The average molecular weight is 341 g/mol. The first-order chi connectivity index (χ1) is 12.1. The number of carbonyl (C=O) groups excluding carboxylic acids is 2. The van der Waals surface area contributed by atoms with Gasteiger partial charge in [-0.1, -0.05) is 25.5 Å². The first-order valence-corrected chi connectivity index (χ1v) is 8.25. The third-order valence-electron chi connectivity index (χ3n) is 3.54. The minimum atomic E-state index is -0.540. The Labute approximate surface area is 147 Å². The number of unbranched alkanes of at least 4 members (excludes halogenated alkanes) is 1. The van der Waals surface area contributed by atoms with Gasteiger partial charge < -0.3 is 21.1 Å². The smallest absolute Gasteiger partial charge is 0.250 e. The number of carbonyl (C=O) groups is 2. The van der Waals surface area contributed by atoms with Crippen LogP contribution in [0.25, 0.3) is 0 Å². The maximum atomic E-state index is 12.0. The first-order valence-electron chi connectivity index (χ1n) is 8.25. The number of hydrogen-bond donors (Lipinski definition) is 3. The summed E-state index contributed by atoms with van der Waals surface area (Å²) in [5.74, 6) is 0.0149. The molecule has 2 rings (SSSR count). The Morgan fingerprint density at radius 3 is 2.48 bits per heavy atom. The van der Waals surface area contributed by atoms with Crippen LogP contribution >= 0.6 is 0 Å². The fourth-order valence-corrected chi connectivity index (χ4v) is 2.20. The number of benzene rings is 2. The van der Waals surface area contributed by atoms with Crippen LogP contribution in [0.2, 0.25) is 0 Å². The molecule has 0 aliphatic heterocycles. The van der Waals surface area contributed by atoms with Crippen LogP contribution in [0.4, 0.5) is 11.4 Å². The molecule has 0 unspecified atom stereocenters. The number of hydrogen-bond acceptors (Lipinski definition) is 4. The Morgan fingerprint density at radius 2 is 1.80 bits per heavy atom. The molecule has 0 atom stereocenters. The van der Waals surface area contributed by atoms with E-state index in [2.05, 4.69) is 17.6 Å². The maximum Gasteiger partial charge on any atom is 0.250 e. The van der Waals surface area contributed by atoms with E-state index in [1.165, 1.54) is 0 Å². The normalized spacial score (nSPS) is 10.1. The van der Waals surface area contributed by atoms with E-state index in [1.54, 1.807) is 36.4 Å². The maximum absolute atomic E-state index is 12.0. The molecule has 0 bridgehead atoms. The van der Waals surface area contributed by atoms with Crippen molar-refractivity contribution in [3.8, 4) is 5.75 Å². The Morgan fingerprint density at radius 1 is 1.08 bits per heavy atom. The zero-order chi connectivity index (χ0) is 18.1. The molecule has 0 heterocycles. The molecule has 6 nitrogen and oxygen atoms in total. The fraction of sp³-hybridized carbons (Fsp3) is 0.263. The second kappa shape index (κ2) is 9.32. The summed E-state index contributed by atoms with van der Waals surface area (Å²) in [7, 11) is 0. The largest absolute Gasteiger partial charge is 0.494 e. The van der Waals surface area contributed by atoms with Crippen molar-refractivity contribution in [1.82, 2.24) is 0 Å². The third-order valence-corrected chi connectivity index (χ3v) is 3.54. The first kappa shape index (κ1) is 18.3. The van der Waals surface area contributed by atoms with Gasteiger partial charge in [-0.25, -0.2) is 0 Å². The number of primary amides is 1. The van der Waals surface area contributed by atoms with Crippen molar-refractivity contribution in [3.05, 3.63) is 54.1 Å². The molecular formula is C19H23N3O3. The highest BCUT2D eigenvalue weighted by Crippen LogP contribution is 2.17. The number of rotatable bonds is 9. The Balaban J connectivity index is 1.85. The third kappa shape index (κ3) is 5.84. The molecule has 0 aliphatic carbocycles. The Bertz CT molecular complexity index is 714. The SMILES string of the molecule is CCCCOc1ccc(NC(=O)CNc2ccccc2C(N)=O)cc1. The van der Waals surface area contributed by atoms with E-state index in [1.807, 2.05) is 12.1 Å². The number of para-hydroxylation sites is 1. The minimum absolute atomic E-state index is 0.0268. The van der Waals surface area contributed by atoms with Gasteiger partial charge in [0.2, 0.25) is 5.91 Å². The van der Waals surface area contributed by atoms with Gasteiger partial charge in [-0.3, -0.25) is 9.59 Å². The van der Waals surface area contributed by atoms with Crippen molar-refractivity contribution >= 4 is 23.2 Å². The lowest BCUT2D eigenvalue weighted by Crippen LogP contribution is -2.23. The van der Waals surface area contributed by atoms with Gasteiger partial charge >= 0.3 is 0 Å². The van der Waals surface area contributed by atoms with Crippen LogP contribution in [-0.2, 0) is 4.79 Å². The molecule has 0 aromatic heterocycles. The van der Waals surface area contributed by atoms with Crippen LogP contribution in [0.15, 0.2) is 48.5 Å². The lowest BCUT2D eigenvalue weighted by atomic mass is 10.1. The van der Waals surface area contributed by atoms with Gasteiger partial charge in [0.1, 0.15) is 5.75 Å². The average Bonchev–Trinajstić information content (AvgIpc) is 2.62. The van der Waals surface area contributed by atoms with E-state index in [-0.39, 0.29) is 12.5 Å². The topological polar surface area (TPSA) is 93.4 Å². The van der Waals surface area contributed by atoms with Crippen molar-refractivity contribution in [3.63, 3.8) is 0 Å². The van der Waals surface area contributed by atoms with Gasteiger partial charge in [0.25, 0.3) is 5.91 Å². The molecule has 0 spiro atoms. The van der Waals surface area contributed by atoms with E-state index in [9.17, 15) is 9.59 Å². The summed E-state index contributed by atoms with van der Waals surface area (Å²) in [6.45, 7) is 2.82. The second-order valence-electron chi connectivity index (χ2n) is 5.54. The highest BCUT2D eigenvalue weighted by molar-refractivity contribution is 6.00. The zero-order valence-electron chi connectivity index (χ0n) is 14.2. The second-order valence-corrected chi connectivity index (χ2v) is 5.54. The summed E-state index contributed by atoms with van der Waals surface area (Å²) in [5, 5.41) is 5.70. The van der Waals surface area contributed by atoms with Crippen molar-refractivity contribution in [2.45, 2.75) is 19.8 Å². The zero-order valence-corrected chi connectivity index (χ0v) is 14.2.